The van der Waals surface area contributed by atoms with E-state index < -0.39 is 0 Å². The molecule has 0 saturated heterocycles. The van der Waals surface area contributed by atoms with E-state index in [-0.39, 0.29) is 5.91 Å². The van der Waals surface area contributed by atoms with Crippen molar-refractivity contribution in [2.24, 2.45) is 0 Å². The Morgan fingerprint density at radius 2 is 1.70 bits per heavy atom. The molecule has 0 saturated carbocycles. The van der Waals surface area contributed by atoms with E-state index in [2.05, 4.69) is 15.3 Å². The van der Waals surface area contributed by atoms with Crippen molar-refractivity contribution < 1.29 is 19.0 Å². The maximum atomic E-state index is 12.6. The lowest BCUT2D eigenvalue weighted by molar-refractivity contribution is 0.0952. The van der Waals surface area contributed by atoms with Crippen LogP contribution in [0.4, 0.5) is 0 Å². The number of carbonyl (C=O) groups is 1. The van der Waals surface area contributed by atoms with Gasteiger partial charge in [0.2, 0.25) is 0 Å². The van der Waals surface area contributed by atoms with Gasteiger partial charge in [0, 0.05) is 18.3 Å². The fourth-order valence-corrected chi connectivity index (χ4v) is 3.02. The third-order valence-electron chi connectivity index (χ3n) is 4.72. The van der Waals surface area contributed by atoms with Gasteiger partial charge in [-0.15, -0.1) is 0 Å². The van der Waals surface area contributed by atoms with Gasteiger partial charge in [-0.3, -0.25) is 4.79 Å². The van der Waals surface area contributed by atoms with Gasteiger partial charge in [-0.05, 0) is 55.3 Å². The number of aromatic nitrogens is 2. The lowest BCUT2D eigenvalue weighted by Gasteiger charge is -2.11. The van der Waals surface area contributed by atoms with Crippen LogP contribution in [0.25, 0.3) is 11.4 Å². The van der Waals surface area contributed by atoms with Crippen LogP contribution in [0.5, 0.6) is 17.2 Å². The van der Waals surface area contributed by atoms with Crippen LogP contribution in [0.3, 0.4) is 0 Å². The molecule has 0 spiro atoms. The molecule has 2 aromatic carbocycles. The summed E-state index contributed by atoms with van der Waals surface area (Å²) in [6.45, 7) is 2.28. The summed E-state index contributed by atoms with van der Waals surface area (Å²) < 4.78 is 15.7. The Bertz CT molecular complexity index is 1020. The Morgan fingerprint density at radius 3 is 2.33 bits per heavy atom. The molecule has 3 aromatic rings. The molecule has 0 aliphatic rings. The van der Waals surface area contributed by atoms with Crippen LogP contribution in [-0.2, 0) is 6.42 Å². The molecule has 3 rings (SSSR count). The highest BCUT2D eigenvalue weighted by Gasteiger charge is 2.13. The first-order valence-corrected chi connectivity index (χ1v) is 9.53. The number of benzene rings is 2. The minimum Gasteiger partial charge on any atom is -0.497 e. The minimum absolute atomic E-state index is 0.200. The van der Waals surface area contributed by atoms with Crippen LogP contribution < -0.4 is 19.5 Å². The molecule has 0 unspecified atom stereocenters. The quantitative estimate of drug-likeness (QED) is 0.616. The molecule has 1 aromatic heterocycles. The number of carbonyl (C=O) groups excluding carboxylic acids is 1. The Morgan fingerprint density at radius 1 is 0.967 bits per heavy atom. The van der Waals surface area contributed by atoms with Gasteiger partial charge in [0.05, 0.1) is 32.6 Å². The largest absolute Gasteiger partial charge is 0.497 e. The number of methoxy groups -OCH3 is 3. The van der Waals surface area contributed by atoms with Gasteiger partial charge in [-0.1, -0.05) is 6.07 Å². The number of hydrogen-bond donors (Lipinski definition) is 1. The molecule has 156 valence electrons. The van der Waals surface area contributed by atoms with Crippen molar-refractivity contribution in [1.29, 1.82) is 0 Å². The van der Waals surface area contributed by atoms with Gasteiger partial charge in [0.1, 0.15) is 5.75 Å². The van der Waals surface area contributed by atoms with Crippen LogP contribution in [0.2, 0.25) is 0 Å². The van der Waals surface area contributed by atoms with Gasteiger partial charge in [-0.2, -0.15) is 0 Å². The van der Waals surface area contributed by atoms with Crippen LogP contribution in [0.1, 0.15) is 21.6 Å². The number of aryl methyl sites for hydroxylation is 1. The Labute approximate surface area is 176 Å². The molecular weight excluding hydrogens is 382 g/mol. The summed E-state index contributed by atoms with van der Waals surface area (Å²) in [7, 11) is 4.82. The SMILES string of the molecule is COc1ccc(-c2ncc(C(=O)NCCc3ccc(OC)c(OC)c3)c(C)n2)cc1. The molecule has 30 heavy (non-hydrogen) atoms. The highest BCUT2D eigenvalue weighted by atomic mass is 16.5. The zero-order valence-corrected chi connectivity index (χ0v) is 17.6. The predicted molar refractivity (Wildman–Crippen MR) is 114 cm³/mol. The molecule has 0 fully saturated rings. The molecule has 0 atom stereocenters. The van der Waals surface area contributed by atoms with Crippen molar-refractivity contribution >= 4 is 5.91 Å². The molecular formula is C23H25N3O4. The summed E-state index contributed by atoms with van der Waals surface area (Å²) in [4.78, 5) is 21.4. The zero-order chi connectivity index (χ0) is 21.5. The lowest BCUT2D eigenvalue weighted by Crippen LogP contribution is -2.27. The van der Waals surface area contributed by atoms with Gasteiger partial charge in [0.15, 0.2) is 17.3 Å². The van der Waals surface area contributed by atoms with E-state index in [9.17, 15) is 4.79 Å². The summed E-state index contributed by atoms with van der Waals surface area (Å²) in [6, 6.07) is 13.2. The summed E-state index contributed by atoms with van der Waals surface area (Å²) >= 11 is 0. The van der Waals surface area contributed by atoms with Crippen molar-refractivity contribution in [3.05, 3.63) is 65.5 Å². The van der Waals surface area contributed by atoms with E-state index in [1.165, 1.54) is 0 Å². The average Bonchev–Trinajstić information content (AvgIpc) is 2.78. The van der Waals surface area contributed by atoms with Gasteiger partial charge >= 0.3 is 0 Å². The first-order chi connectivity index (χ1) is 14.5. The van der Waals surface area contributed by atoms with Gasteiger partial charge < -0.3 is 19.5 Å². The minimum atomic E-state index is -0.200. The number of hydrogen-bond acceptors (Lipinski definition) is 6. The van der Waals surface area contributed by atoms with E-state index in [0.717, 1.165) is 16.9 Å². The third kappa shape index (κ3) is 4.86. The monoisotopic (exact) mass is 407 g/mol. The van der Waals surface area contributed by atoms with Crippen LogP contribution in [0, 0.1) is 6.92 Å². The van der Waals surface area contributed by atoms with E-state index in [1.54, 1.807) is 34.4 Å². The first kappa shape index (κ1) is 21.1. The summed E-state index contributed by atoms with van der Waals surface area (Å²) in [5.74, 6) is 2.47. The molecule has 7 heteroatoms. The topological polar surface area (TPSA) is 82.6 Å². The van der Waals surface area contributed by atoms with E-state index in [4.69, 9.17) is 14.2 Å². The molecule has 1 amide bonds. The zero-order valence-electron chi connectivity index (χ0n) is 17.6. The average molecular weight is 407 g/mol. The second-order valence-electron chi connectivity index (χ2n) is 6.62. The maximum Gasteiger partial charge on any atom is 0.254 e. The van der Waals surface area contributed by atoms with Crippen molar-refractivity contribution in [2.45, 2.75) is 13.3 Å². The van der Waals surface area contributed by atoms with Crippen LogP contribution >= 0.6 is 0 Å². The van der Waals surface area contributed by atoms with E-state index >= 15 is 0 Å². The third-order valence-corrected chi connectivity index (χ3v) is 4.72. The molecule has 0 radical (unpaired) electrons. The molecule has 0 bridgehead atoms. The first-order valence-electron chi connectivity index (χ1n) is 9.53. The maximum absolute atomic E-state index is 12.6. The molecule has 0 aliphatic carbocycles. The van der Waals surface area contributed by atoms with Crippen molar-refractivity contribution in [1.82, 2.24) is 15.3 Å². The predicted octanol–water partition coefficient (Wildman–Crippen LogP) is 3.45. The second kappa shape index (κ2) is 9.73. The van der Waals surface area contributed by atoms with Crippen molar-refractivity contribution in [3.8, 4) is 28.6 Å². The van der Waals surface area contributed by atoms with Gasteiger partial charge in [0.25, 0.3) is 5.91 Å². The number of rotatable bonds is 8. The molecule has 1 heterocycles. The van der Waals surface area contributed by atoms with Crippen molar-refractivity contribution in [3.63, 3.8) is 0 Å². The Kier molecular flexibility index (Phi) is 6.85. The number of ether oxygens (including phenoxy) is 3. The molecule has 7 nitrogen and oxygen atoms in total. The summed E-state index contributed by atoms with van der Waals surface area (Å²) in [5, 5.41) is 2.92. The molecule has 0 aliphatic heterocycles. The van der Waals surface area contributed by atoms with E-state index in [1.807, 2.05) is 42.5 Å². The Balaban J connectivity index is 1.62. The number of amides is 1. The fraction of sp³-hybridized carbons (Fsp3) is 0.261. The van der Waals surface area contributed by atoms with Crippen molar-refractivity contribution in [2.75, 3.05) is 27.9 Å². The molecule has 1 N–H and O–H groups in total. The fourth-order valence-electron chi connectivity index (χ4n) is 3.02. The highest BCUT2D eigenvalue weighted by Crippen LogP contribution is 2.27. The number of nitrogens with zero attached hydrogens (tertiary/aromatic N) is 2. The summed E-state index contributed by atoms with van der Waals surface area (Å²) in [5.41, 5.74) is 2.98. The van der Waals surface area contributed by atoms with Crippen LogP contribution in [0.15, 0.2) is 48.7 Å². The standard InChI is InChI=1S/C23H25N3O4/c1-15-19(14-25-22(26-15)17-6-8-18(28-2)9-7-17)23(27)24-12-11-16-5-10-20(29-3)21(13-16)30-4/h5-10,13-14H,11-12H2,1-4H3,(H,24,27). The number of nitrogens with one attached hydrogen (secondary N) is 1. The lowest BCUT2D eigenvalue weighted by atomic mass is 10.1. The normalized spacial score (nSPS) is 10.4. The Hall–Kier alpha value is -3.61. The van der Waals surface area contributed by atoms with E-state index in [0.29, 0.717) is 41.5 Å². The van der Waals surface area contributed by atoms with Gasteiger partial charge in [-0.25, -0.2) is 9.97 Å². The smallest absolute Gasteiger partial charge is 0.254 e. The highest BCUT2D eigenvalue weighted by molar-refractivity contribution is 5.95. The van der Waals surface area contributed by atoms with Crippen LogP contribution in [-0.4, -0.2) is 43.7 Å². The second-order valence-corrected chi connectivity index (χ2v) is 6.62. The summed E-state index contributed by atoms with van der Waals surface area (Å²) in [6.07, 6.45) is 2.23.